The Balaban J connectivity index is 2.20. The summed E-state index contributed by atoms with van der Waals surface area (Å²) in [5, 5.41) is 11.1. The van der Waals surface area contributed by atoms with Crippen molar-refractivity contribution in [1.29, 1.82) is 0 Å². The summed E-state index contributed by atoms with van der Waals surface area (Å²) in [7, 11) is 1.66. The predicted octanol–water partition coefficient (Wildman–Crippen LogP) is 4.90. The van der Waals surface area contributed by atoms with Crippen molar-refractivity contribution >= 4 is 10.9 Å². The third-order valence-electron chi connectivity index (χ3n) is 4.38. The summed E-state index contributed by atoms with van der Waals surface area (Å²) in [5.74, 6) is 0.398. The lowest BCUT2D eigenvalue weighted by molar-refractivity contribution is 0.284. The quantitative estimate of drug-likeness (QED) is 0.484. The van der Waals surface area contributed by atoms with Crippen LogP contribution in [0.3, 0.4) is 0 Å². The number of fused-ring (bicyclic) bond motifs is 1. The van der Waals surface area contributed by atoms with Gasteiger partial charge in [0.25, 0.3) is 5.56 Å². The highest BCUT2D eigenvalue weighted by Gasteiger charge is 2.18. The average molecular weight is 359 g/mol. The van der Waals surface area contributed by atoms with Crippen molar-refractivity contribution in [3.63, 3.8) is 0 Å². The molecule has 0 saturated carbocycles. The van der Waals surface area contributed by atoms with Gasteiger partial charge >= 0.3 is 0 Å². The normalized spacial score (nSPS) is 11.3. The SMILES string of the molecule is C/C=C\Oc1cccc2c(O)c(OCCCCCCCC)c(=O)n(C)c12. The molecule has 0 fully saturated rings. The molecule has 2 rings (SSSR count). The highest BCUT2D eigenvalue weighted by Crippen LogP contribution is 2.35. The smallest absolute Gasteiger partial charge is 0.297 e. The molecule has 0 radical (unpaired) electrons. The molecule has 0 amide bonds. The number of allylic oxidation sites excluding steroid dienone is 1. The summed E-state index contributed by atoms with van der Waals surface area (Å²) in [6.07, 6.45) is 10.1. The predicted molar refractivity (Wildman–Crippen MR) is 105 cm³/mol. The van der Waals surface area contributed by atoms with Crippen molar-refractivity contribution in [2.75, 3.05) is 6.61 Å². The van der Waals surface area contributed by atoms with Gasteiger partial charge in [-0.3, -0.25) is 4.79 Å². The first-order valence-electron chi connectivity index (χ1n) is 9.37. The molecular formula is C21H29NO4. The van der Waals surface area contributed by atoms with Crippen molar-refractivity contribution in [2.45, 2.75) is 52.4 Å². The van der Waals surface area contributed by atoms with E-state index in [2.05, 4.69) is 6.92 Å². The van der Waals surface area contributed by atoms with Gasteiger partial charge in [0.15, 0.2) is 11.5 Å². The number of ether oxygens (including phenoxy) is 2. The largest absolute Gasteiger partial charge is 0.504 e. The summed E-state index contributed by atoms with van der Waals surface area (Å²) in [4.78, 5) is 12.6. The standard InChI is InChI=1S/C21H29NO4/c1-4-6-7-8-9-10-15-26-20-19(23)16-12-11-13-17(25-14-5-2)18(16)22(3)21(20)24/h5,11-14,23H,4,6-10,15H2,1-3H3/b14-5-. The lowest BCUT2D eigenvalue weighted by atomic mass is 10.1. The molecule has 1 aromatic carbocycles. The zero-order valence-electron chi connectivity index (χ0n) is 16.0. The molecule has 0 saturated heterocycles. The number of nitrogens with zero attached hydrogens (tertiary/aromatic N) is 1. The van der Waals surface area contributed by atoms with Crippen LogP contribution in [0.15, 0.2) is 35.3 Å². The minimum atomic E-state index is -0.363. The molecule has 5 nitrogen and oxygen atoms in total. The molecule has 1 aromatic heterocycles. The van der Waals surface area contributed by atoms with Gasteiger partial charge in [0.05, 0.1) is 18.4 Å². The Morgan fingerprint density at radius 3 is 2.62 bits per heavy atom. The van der Waals surface area contributed by atoms with Gasteiger partial charge in [-0.25, -0.2) is 0 Å². The van der Waals surface area contributed by atoms with Gasteiger partial charge in [0, 0.05) is 12.4 Å². The fourth-order valence-corrected chi connectivity index (χ4v) is 2.96. The molecule has 0 bridgehead atoms. The number of pyridine rings is 1. The number of aromatic nitrogens is 1. The molecule has 0 atom stereocenters. The third-order valence-corrected chi connectivity index (χ3v) is 4.38. The molecule has 1 N–H and O–H groups in total. The van der Waals surface area contributed by atoms with E-state index >= 15 is 0 Å². The molecule has 26 heavy (non-hydrogen) atoms. The highest BCUT2D eigenvalue weighted by atomic mass is 16.5. The maximum Gasteiger partial charge on any atom is 0.297 e. The van der Waals surface area contributed by atoms with Crippen LogP contribution in [0, 0.1) is 0 Å². The maximum absolute atomic E-state index is 12.6. The number of hydrogen-bond acceptors (Lipinski definition) is 4. The van der Waals surface area contributed by atoms with Gasteiger partial charge < -0.3 is 19.1 Å². The van der Waals surface area contributed by atoms with E-state index in [4.69, 9.17) is 9.47 Å². The van der Waals surface area contributed by atoms with E-state index in [0.29, 0.717) is 23.3 Å². The lowest BCUT2D eigenvalue weighted by Crippen LogP contribution is -2.20. The van der Waals surface area contributed by atoms with Crippen LogP contribution in [0.4, 0.5) is 0 Å². The Morgan fingerprint density at radius 2 is 1.88 bits per heavy atom. The van der Waals surface area contributed by atoms with E-state index in [9.17, 15) is 9.90 Å². The fraction of sp³-hybridized carbons (Fsp3) is 0.476. The second kappa shape index (κ2) is 9.90. The van der Waals surface area contributed by atoms with Gasteiger partial charge in [-0.15, -0.1) is 0 Å². The van der Waals surface area contributed by atoms with E-state index in [1.54, 1.807) is 37.6 Å². The van der Waals surface area contributed by atoms with E-state index < -0.39 is 0 Å². The van der Waals surface area contributed by atoms with E-state index in [-0.39, 0.29) is 17.1 Å². The molecule has 0 unspecified atom stereocenters. The average Bonchev–Trinajstić information content (AvgIpc) is 2.65. The fourth-order valence-electron chi connectivity index (χ4n) is 2.96. The Bertz CT molecular complexity index is 808. The molecule has 0 aliphatic carbocycles. The number of aromatic hydroxyl groups is 1. The van der Waals surface area contributed by atoms with Gasteiger partial charge in [-0.1, -0.05) is 51.2 Å². The Kier molecular flexibility index (Phi) is 7.57. The first-order chi connectivity index (χ1) is 12.6. The van der Waals surface area contributed by atoms with Crippen molar-refractivity contribution in [1.82, 2.24) is 4.57 Å². The molecule has 2 aromatic rings. The molecule has 0 aliphatic heterocycles. The van der Waals surface area contributed by atoms with Gasteiger partial charge in [0.2, 0.25) is 5.75 Å². The third kappa shape index (κ3) is 4.59. The number of para-hydroxylation sites is 1. The molecular weight excluding hydrogens is 330 g/mol. The first kappa shape index (κ1) is 19.9. The van der Waals surface area contributed by atoms with E-state index in [0.717, 1.165) is 12.8 Å². The maximum atomic E-state index is 12.6. The topological polar surface area (TPSA) is 60.7 Å². The second-order valence-corrected chi connectivity index (χ2v) is 6.40. The number of rotatable bonds is 10. The molecule has 0 spiro atoms. The van der Waals surface area contributed by atoms with E-state index in [1.165, 1.54) is 30.3 Å². The monoisotopic (exact) mass is 359 g/mol. The Hall–Kier alpha value is -2.43. The van der Waals surface area contributed by atoms with Crippen LogP contribution >= 0.6 is 0 Å². The van der Waals surface area contributed by atoms with Crippen LogP contribution in [-0.4, -0.2) is 16.3 Å². The summed E-state index contributed by atoms with van der Waals surface area (Å²) >= 11 is 0. The minimum absolute atomic E-state index is 0.0109. The molecule has 5 heteroatoms. The number of unbranched alkanes of at least 4 members (excludes halogenated alkanes) is 5. The van der Waals surface area contributed by atoms with Crippen LogP contribution < -0.4 is 15.0 Å². The van der Waals surface area contributed by atoms with Crippen molar-refractivity contribution < 1.29 is 14.6 Å². The zero-order chi connectivity index (χ0) is 18.9. The molecule has 1 heterocycles. The minimum Gasteiger partial charge on any atom is -0.504 e. The Labute approximate surface area is 154 Å². The van der Waals surface area contributed by atoms with Crippen LogP contribution in [0.1, 0.15) is 52.4 Å². The zero-order valence-corrected chi connectivity index (χ0v) is 16.0. The van der Waals surface area contributed by atoms with Gasteiger partial charge in [-0.05, 0) is 25.5 Å². The van der Waals surface area contributed by atoms with Crippen LogP contribution in [0.5, 0.6) is 17.2 Å². The summed E-state index contributed by atoms with van der Waals surface area (Å²) in [6, 6.07) is 5.30. The molecule has 142 valence electrons. The summed E-state index contributed by atoms with van der Waals surface area (Å²) in [6.45, 7) is 4.46. The van der Waals surface area contributed by atoms with Crippen LogP contribution in [0.25, 0.3) is 10.9 Å². The van der Waals surface area contributed by atoms with Crippen LogP contribution in [-0.2, 0) is 7.05 Å². The number of aryl methyl sites for hydroxylation is 1. The van der Waals surface area contributed by atoms with Crippen LogP contribution in [0.2, 0.25) is 0 Å². The van der Waals surface area contributed by atoms with Crippen molar-refractivity contribution in [2.24, 2.45) is 7.05 Å². The summed E-state index contributed by atoms with van der Waals surface area (Å²) in [5.41, 5.74) is 0.178. The van der Waals surface area contributed by atoms with Crippen molar-refractivity contribution in [3.05, 3.63) is 40.9 Å². The first-order valence-corrected chi connectivity index (χ1v) is 9.37. The van der Waals surface area contributed by atoms with Crippen molar-refractivity contribution in [3.8, 4) is 17.2 Å². The molecule has 0 aliphatic rings. The highest BCUT2D eigenvalue weighted by molar-refractivity contribution is 5.91. The second-order valence-electron chi connectivity index (χ2n) is 6.40. The van der Waals surface area contributed by atoms with Gasteiger partial charge in [-0.2, -0.15) is 0 Å². The number of hydrogen-bond donors (Lipinski definition) is 1. The van der Waals surface area contributed by atoms with E-state index in [1.807, 2.05) is 6.92 Å². The summed E-state index contributed by atoms with van der Waals surface area (Å²) < 4.78 is 12.7. The lowest BCUT2D eigenvalue weighted by Gasteiger charge is -2.15. The number of benzene rings is 1. The van der Waals surface area contributed by atoms with Gasteiger partial charge in [0.1, 0.15) is 0 Å². The Morgan fingerprint density at radius 1 is 1.15 bits per heavy atom.